The average molecular weight is 270 g/mol. The Morgan fingerprint density at radius 2 is 2.00 bits per heavy atom. The number of anilines is 1. The van der Waals surface area contributed by atoms with Crippen molar-refractivity contribution in [2.75, 3.05) is 23.8 Å². The van der Waals surface area contributed by atoms with Crippen LogP contribution in [0.15, 0.2) is 24.3 Å². The molecule has 0 saturated carbocycles. The normalized spacial score (nSPS) is 11.2. The van der Waals surface area contributed by atoms with Crippen molar-refractivity contribution in [3.63, 3.8) is 0 Å². The number of hydrogen-bond acceptors (Lipinski definition) is 4. The number of carbonyl (C=O) groups excluding carboxylic acids is 1. The Bertz CT molecular complexity index is 512. The van der Waals surface area contributed by atoms with Gasteiger partial charge in [0.2, 0.25) is 5.91 Å². The average Bonchev–Trinajstić information content (AvgIpc) is 2.27. The summed E-state index contributed by atoms with van der Waals surface area (Å²) >= 11 is 0. The van der Waals surface area contributed by atoms with E-state index in [0.717, 1.165) is 5.56 Å². The van der Waals surface area contributed by atoms with Crippen molar-refractivity contribution in [3.8, 4) is 0 Å². The molecule has 0 heterocycles. The Balaban J connectivity index is 2.57. The topological polar surface area (TPSA) is 89.3 Å². The molecule has 1 rings (SSSR count). The maximum atomic E-state index is 11.7. The first kappa shape index (κ1) is 14.5. The maximum absolute atomic E-state index is 11.7. The van der Waals surface area contributed by atoms with Gasteiger partial charge in [-0.25, -0.2) is 8.42 Å². The van der Waals surface area contributed by atoms with Crippen molar-refractivity contribution in [1.29, 1.82) is 0 Å². The lowest BCUT2D eigenvalue weighted by Gasteiger charge is -2.06. The highest BCUT2D eigenvalue weighted by molar-refractivity contribution is 7.92. The van der Waals surface area contributed by atoms with E-state index in [1.807, 2.05) is 6.07 Å². The highest BCUT2D eigenvalue weighted by Gasteiger charge is 2.16. The van der Waals surface area contributed by atoms with Crippen LogP contribution in [0.2, 0.25) is 0 Å². The second kappa shape index (κ2) is 6.39. The Hall–Kier alpha value is -1.56. The predicted molar refractivity (Wildman–Crippen MR) is 71.9 cm³/mol. The lowest BCUT2D eigenvalue weighted by molar-refractivity contribution is -0.118. The van der Waals surface area contributed by atoms with Gasteiger partial charge in [-0.15, -0.1) is 0 Å². The standard InChI is InChI=1S/C12H18N2O3S/c1-2-14-12(15)9-18(16,17)8-7-10-5-3-4-6-11(10)13/h3-6H,2,7-9,13H2,1H3,(H,14,15). The molecule has 0 aliphatic carbocycles. The number of benzene rings is 1. The molecule has 100 valence electrons. The summed E-state index contributed by atoms with van der Waals surface area (Å²) in [6.07, 6.45) is 0.328. The lowest BCUT2D eigenvalue weighted by Crippen LogP contribution is -2.31. The van der Waals surface area contributed by atoms with Gasteiger partial charge in [-0.3, -0.25) is 4.79 Å². The van der Waals surface area contributed by atoms with E-state index in [0.29, 0.717) is 18.7 Å². The van der Waals surface area contributed by atoms with E-state index in [2.05, 4.69) is 5.32 Å². The number of carbonyl (C=O) groups is 1. The van der Waals surface area contributed by atoms with Gasteiger partial charge in [-0.1, -0.05) is 18.2 Å². The van der Waals surface area contributed by atoms with Crippen molar-refractivity contribution >= 4 is 21.4 Å². The first-order valence-corrected chi connectivity index (χ1v) is 7.57. The number of nitrogen functional groups attached to an aromatic ring is 1. The number of para-hydroxylation sites is 1. The summed E-state index contributed by atoms with van der Waals surface area (Å²) < 4.78 is 23.4. The van der Waals surface area contributed by atoms with Crippen molar-refractivity contribution in [3.05, 3.63) is 29.8 Å². The molecule has 5 nitrogen and oxygen atoms in total. The van der Waals surface area contributed by atoms with Crippen molar-refractivity contribution in [1.82, 2.24) is 5.32 Å². The quantitative estimate of drug-likeness (QED) is 0.730. The van der Waals surface area contributed by atoms with Crippen LogP contribution in [0.5, 0.6) is 0 Å². The smallest absolute Gasteiger partial charge is 0.235 e. The van der Waals surface area contributed by atoms with Crippen LogP contribution in [-0.2, 0) is 21.1 Å². The van der Waals surface area contributed by atoms with Gasteiger partial charge in [-0.05, 0) is 25.0 Å². The summed E-state index contributed by atoms with van der Waals surface area (Å²) in [7, 11) is -3.39. The number of aryl methyl sites for hydroxylation is 1. The maximum Gasteiger partial charge on any atom is 0.235 e. The zero-order chi connectivity index (χ0) is 13.6. The first-order chi connectivity index (χ1) is 8.44. The van der Waals surface area contributed by atoms with Crippen LogP contribution in [0, 0.1) is 0 Å². The van der Waals surface area contributed by atoms with E-state index in [-0.39, 0.29) is 5.75 Å². The van der Waals surface area contributed by atoms with Gasteiger partial charge in [0, 0.05) is 12.2 Å². The summed E-state index contributed by atoms with van der Waals surface area (Å²) in [4.78, 5) is 11.2. The molecule has 18 heavy (non-hydrogen) atoms. The molecule has 0 saturated heterocycles. The van der Waals surface area contributed by atoms with Crippen molar-refractivity contribution < 1.29 is 13.2 Å². The fourth-order valence-electron chi connectivity index (χ4n) is 1.55. The van der Waals surface area contributed by atoms with Crippen LogP contribution >= 0.6 is 0 Å². The molecule has 1 aromatic rings. The van der Waals surface area contributed by atoms with Crippen molar-refractivity contribution in [2.45, 2.75) is 13.3 Å². The molecule has 0 aromatic heterocycles. The molecular weight excluding hydrogens is 252 g/mol. The molecule has 0 spiro atoms. The number of hydrogen-bond donors (Lipinski definition) is 2. The zero-order valence-electron chi connectivity index (χ0n) is 10.3. The molecule has 1 aromatic carbocycles. The van der Waals surface area contributed by atoms with Crippen molar-refractivity contribution in [2.24, 2.45) is 0 Å². The van der Waals surface area contributed by atoms with Gasteiger partial charge in [0.05, 0.1) is 5.75 Å². The number of nitrogens with one attached hydrogen (secondary N) is 1. The molecule has 0 bridgehead atoms. The Morgan fingerprint density at radius 1 is 1.33 bits per heavy atom. The fraction of sp³-hybridized carbons (Fsp3) is 0.417. The molecule has 6 heteroatoms. The zero-order valence-corrected chi connectivity index (χ0v) is 11.2. The molecule has 1 amide bonds. The minimum absolute atomic E-state index is 0.0711. The molecule has 0 fully saturated rings. The summed E-state index contributed by atoms with van der Waals surface area (Å²) in [6.45, 7) is 2.18. The third kappa shape index (κ3) is 4.75. The van der Waals surface area contributed by atoms with Crippen LogP contribution in [0.3, 0.4) is 0 Å². The minimum atomic E-state index is -3.39. The van der Waals surface area contributed by atoms with Crippen LogP contribution < -0.4 is 11.1 Å². The highest BCUT2D eigenvalue weighted by Crippen LogP contribution is 2.12. The Kier molecular flexibility index (Phi) is 5.15. The largest absolute Gasteiger partial charge is 0.399 e. The van der Waals surface area contributed by atoms with Gasteiger partial charge < -0.3 is 11.1 Å². The Labute approximate surface area is 107 Å². The van der Waals surface area contributed by atoms with Crippen LogP contribution in [0.1, 0.15) is 12.5 Å². The Morgan fingerprint density at radius 3 is 2.61 bits per heavy atom. The number of nitrogens with two attached hydrogens (primary N) is 1. The fourth-order valence-corrected chi connectivity index (χ4v) is 2.72. The number of amides is 1. The third-order valence-corrected chi connectivity index (χ3v) is 3.99. The van der Waals surface area contributed by atoms with E-state index in [9.17, 15) is 13.2 Å². The summed E-state index contributed by atoms with van der Waals surface area (Å²) in [5.41, 5.74) is 7.09. The molecule has 0 aliphatic rings. The molecule has 3 N–H and O–H groups in total. The van der Waals surface area contributed by atoms with E-state index in [1.165, 1.54) is 0 Å². The van der Waals surface area contributed by atoms with E-state index < -0.39 is 21.5 Å². The second-order valence-electron chi connectivity index (χ2n) is 3.99. The van der Waals surface area contributed by atoms with Gasteiger partial charge >= 0.3 is 0 Å². The predicted octanol–water partition coefficient (Wildman–Crippen LogP) is 0.362. The van der Waals surface area contributed by atoms with Crippen LogP contribution in [0.25, 0.3) is 0 Å². The third-order valence-electron chi connectivity index (χ3n) is 2.46. The number of sulfone groups is 1. The summed E-state index contributed by atoms with van der Waals surface area (Å²) in [6, 6.07) is 7.12. The van der Waals surface area contributed by atoms with Gasteiger partial charge in [0.1, 0.15) is 5.75 Å². The van der Waals surface area contributed by atoms with Crippen LogP contribution in [-0.4, -0.2) is 32.4 Å². The highest BCUT2D eigenvalue weighted by atomic mass is 32.2. The van der Waals surface area contributed by atoms with E-state index in [1.54, 1.807) is 25.1 Å². The SMILES string of the molecule is CCNC(=O)CS(=O)(=O)CCc1ccccc1N. The lowest BCUT2D eigenvalue weighted by atomic mass is 10.1. The molecule has 0 aliphatic heterocycles. The van der Waals surface area contributed by atoms with Crippen LogP contribution in [0.4, 0.5) is 5.69 Å². The van der Waals surface area contributed by atoms with Gasteiger partial charge in [0.15, 0.2) is 9.84 Å². The number of rotatable bonds is 6. The minimum Gasteiger partial charge on any atom is -0.399 e. The first-order valence-electron chi connectivity index (χ1n) is 5.75. The molecule has 0 radical (unpaired) electrons. The van der Waals surface area contributed by atoms with E-state index >= 15 is 0 Å². The summed E-state index contributed by atoms with van der Waals surface area (Å²) in [5.74, 6) is -0.995. The van der Waals surface area contributed by atoms with Gasteiger partial charge in [-0.2, -0.15) is 0 Å². The molecule has 0 atom stereocenters. The molecular formula is C12H18N2O3S. The van der Waals surface area contributed by atoms with E-state index in [4.69, 9.17) is 5.73 Å². The second-order valence-corrected chi connectivity index (χ2v) is 6.18. The molecule has 0 unspecified atom stereocenters. The monoisotopic (exact) mass is 270 g/mol. The summed E-state index contributed by atoms with van der Waals surface area (Å²) in [5, 5.41) is 2.47. The van der Waals surface area contributed by atoms with Gasteiger partial charge in [0.25, 0.3) is 0 Å².